The van der Waals surface area contributed by atoms with Gasteiger partial charge in [-0.15, -0.1) is 0 Å². The summed E-state index contributed by atoms with van der Waals surface area (Å²) in [5.41, 5.74) is -2.53. The van der Waals surface area contributed by atoms with Gasteiger partial charge >= 0.3 is 12.1 Å². The van der Waals surface area contributed by atoms with Gasteiger partial charge < -0.3 is 14.8 Å². The van der Waals surface area contributed by atoms with Crippen molar-refractivity contribution >= 4 is 23.3 Å². The molecule has 0 fully saturated rings. The fourth-order valence-corrected chi connectivity index (χ4v) is 2.12. The molecule has 0 saturated carbocycles. The number of amides is 1. The Morgan fingerprint density at radius 2 is 1.89 bits per heavy atom. The topological polar surface area (TPSA) is 108 Å². The van der Waals surface area contributed by atoms with Gasteiger partial charge in [0, 0.05) is 6.07 Å². The van der Waals surface area contributed by atoms with Crippen molar-refractivity contribution in [1.82, 2.24) is 0 Å². The van der Waals surface area contributed by atoms with Gasteiger partial charge in [-0.25, -0.2) is 4.79 Å². The van der Waals surface area contributed by atoms with Crippen LogP contribution in [0, 0.1) is 10.1 Å². The Morgan fingerprint density at radius 3 is 2.50 bits per heavy atom. The number of rotatable bonds is 6. The lowest BCUT2D eigenvalue weighted by Gasteiger charge is -2.10. The molecule has 0 bridgehead atoms. The minimum Gasteiger partial charge on any atom is -0.497 e. The number of carbonyl (C=O) groups excluding carboxylic acids is 2. The molecule has 0 spiro atoms. The Labute approximate surface area is 156 Å². The van der Waals surface area contributed by atoms with Gasteiger partial charge in [0.2, 0.25) is 0 Å². The van der Waals surface area contributed by atoms with Crippen molar-refractivity contribution < 1.29 is 37.2 Å². The van der Waals surface area contributed by atoms with Gasteiger partial charge in [-0.2, -0.15) is 13.2 Å². The molecule has 8 nitrogen and oxygen atoms in total. The van der Waals surface area contributed by atoms with Crippen molar-refractivity contribution in [2.45, 2.75) is 6.18 Å². The highest BCUT2D eigenvalue weighted by atomic mass is 19.4. The normalized spacial score (nSPS) is 10.9. The molecule has 1 N–H and O–H groups in total. The van der Waals surface area contributed by atoms with Gasteiger partial charge in [0.05, 0.1) is 23.2 Å². The molecule has 2 aromatic rings. The first-order valence-electron chi connectivity index (χ1n) is 7.58. The number of anilines is 1. The number of nitrogens with zero attached hydrogens (tertiary/aromatic N) is 1. The molecule has 0 radical (unpaired) electrons. The maximum absolute atomic E-state index is 12.7. The summed E-state index contributed by atoms with van der Waals surface area (Å²) < 4.78 is 47.8. The Bertz CT molecular complexity index is 914. The summed E-state index contributed by atoms with van der Waals surface area (Å²) in [6, 6.07) is 7.56. The molecule has 0 aromatic heterocycles. The van der Waals surface area contributed by atoms with E-state index < -0.39 is 46.5 Å². The Hall–Kier alpha value is -3.63. The first-order valence-corrected chi connectivity index (χ1v) is 7.58. The largest absolute Gasteiger partial charge is 0.497 e. The number of carbonyl (C=O) groups is 2. The first kappa shape index (κ1) is 20.7. The number of alkyl halides is 3. The number of nitro groups is 1. The fourth-order valence-electron chi connectivity index (χ4n) is 2.12. The molecule has 0 aliphatic rings. The molecule has 0 atom stereocenters. The second kappa shape index (κ2) is 8.37. The van der Waals surface area contributed by atoms with E-state index in [9.17, 15) is 32.9 Å². The van der Waals surface area contributed by atoms with Crippen LogP contribution < -0.4 is 10.1 Å². The number of esters is 1. The second-order valence-electron chi connectivity index (χ2n) is 5.34. The monoisotopic (exact) mass is 398 g/mol. The van der Waals surface area contributed by atoms with Crippen LogP contribution in [0.1, 0.15) is 15.9 Å². The third-order valence-corrected chi connectivity index (χ3v) is 3.44. The zero-order valence-electron chi connectivity index (χ0n) is 14.3. The van der Waals surface area contributed by atoms with Gasteiger partial charge in [0.1, 0.15) is 11.4 Å². The molecule has 0 aliphatic carbocycles. The molecule has 0 heterocycles. The van der Waals surface area contributed by atoms with E-state index in [1.165, 1.54) is 25.3 Å². The van der Waals surface area contributed by atoms with Crippen LogP contribution in [0.2, 0.25) is 0 Å². The first-order chi connectivity index (χ1) is 13.1. The summed E-state index contributed by atoms with van der Waals surface area (Å²) in [5.74, 6) is -1.42. The van der Waals surface area contributed by atoms with Crippen molar-refractivity contribution in [2.24, 2.45) is 0 Å². The summed E-state index contributed by atoms with van der Waals surface area (Å²) in [4.78, 5) is 33.7. The average molecular weight is 398 g/mol. The summed E-state index contributed by atoms with van der Waals surface area (Å²) in [5, 5.41) is 13.0. The van der Waals surface area contributed by atoms with Crippen LogP contribution >= 0.6 is 0 Å². The highest BCUT2D eigenvalue weighted by molar-refractivity contribution is 5.97. The van der Waals surface area contributed by atoms with Gasteiger partial charge in [-0.3, -0.25) is 14.9 Å². The molecular weight excluding hydrogens is 385 g/mol. The lowest BCUT2D eigenvalue weighted by molar-refractivity contribution is -0.384. The molecule has 148 valence electrons. The number of hydrogen-bond acceptors (Lipinski definition) is 6. The fraction of sp³-hybridized carbons (Fsp3) is 0.176. The molecule has 11 heteroatoms. The maximum atomic E-state index is 12.7. The quantitative estimate of drug-likeness (QED) is 0.454. The lowest BCUT2D eigenvalue weighted by atomic mass is 10.1. The molecule has 0 unspecified atom stereocenters. The van der Waals surface area contributed by atoms with Crippen molar-refractivity contribution in [3.8, 4) is 5.75 Å². The Morgan fingerprint density at radius 1 is 1.18 bits per heavy atom. The smallest absolute Gasteiger partial charge is 0.416 e. The number of nitrogens with one attached hydrogen (secondary N) is 1. The number of ether oxygens (including phenoxy) is 2. The molecular formula is C17H13F3N2O6. The van der Waals surface area contributed by atoms with E-state index in [1.807, 2.05) is 0 Å². The lowest BCUT2D eigenvalue weighted by Crippen LogP contribution is -2.21. The standard InChI is InChI=1S/C17H13F3N2O6/c1-27-12-4-2-3-10(7-12)16(24)28-9-15(23)21-13-6-5-11(17(18,19)20)8-14(13)22(25)26/h2-8H,9H2,1H3,(H,21,23). The highest BCUT2D eigenvalue weighted by Gasteiger charge is 2.33. The van der Waals surface area contributed by atoms with Crippen LogP contribution in [-0.2, 0) is 15.7 Å². The van der Waals surface area contributed by atoms with Gasteiger partial charge in [0.25, 0.3) is 11.6 Å². The minimum atomic E-state index is -4.78. The summed E-state index contributed by atoms with van der Waals surface area (Å²) in [6.07, 6.45) is -4.78. The second-order valence-corrected chi connectivity index (χ2v) is 5.34. The summed E-state index contributed by atoms with van der Waals surface area (Å²) in [6.45, 7) is -0.797. The maximum Gasteiger partial charge on any atom is 0.416 e. The Balaban J connectivity index is 2.06. The molecule has 28 heavy (non-hydrogen) atoms. The molecule has 2 aromatic carbocycles. The van der Waals surface area contributed by atoms with Crippen LogP contribution in [0.3, 0.4) is 0 Å². The van der Waals surface area contributed by atoms with E-state index in [-0.39, 0.29) is 5.56 Å². The number of hydrogen-bond donors (Lipinski definition) is 1. The van der Waals surface area contributed by atoms with Gasteiger partial charge in [-0.1, -0.05) is 6.07 Å². The summed E-state index contributed by atoms with van der Waals surface area (Å²) in [7, 11) is 1.40. The van der Waals surface area contributed by atoms with E-state index in [0.717, 1.165) is 6.07 Å². The van der Waals surface area contributed by atoms with E-state index in [2.05, 4.69) is 5.32 Å². The van der Waals surface area contributed by atoms with Crippen LogP contribution in [0.5, 0.6) is 5.75 Å². The van der Waals surface area contributed by atoms with Crippen LogP contribution in [0.25, 0.3) is 0 Å². The third kappa shape index (κ3) is 5.19. The van der Waals surface area contributed by atoms with Crippen molar-refractivity contribution in [1.29, 1.82) is 0 Å². The van der Waals surface area contributed by atoms with Crippen LogP contribution in [-0.4, -0.2) is 30.5 Å². The number of nitro benzene ring substituents is 1. The van der Waals surface area contributed by atoms with E-state index in [0.29, 0.717) is 17.9 Å². The minimum absolute atomic E-state index is 0.104. The molecule has 1 amide bonds. The molecule has 0 aliphatic heterocycles. The van der Waals surface area contributed by atoms with E-state index in [4.69, 9.17) is 9.47 Å². The number of benzene rings is 2. The molecule has 2 rings (SSSR count). The zero-order chi connectivity index (χ0) is 20.9. The van der Waals surface area contributed by atoms with Gasteiger partial charge in [-0.05, 0) is 30.3 Å². The number of halogens is 3. The van der Waals surface area contributed by atoms with Crippen molar-refractivity contribution in [3.63, 3.8) is 0 Å². The van der Waals surface area contributed by atoms with Crippen LogP contribution in [0.15, 0.2) is 42.5 Å². The predicted molar refractivity (Wildman–Crippen MR) is 90.0 cm³/mol. The van der Waals surface area contributed by atoms with Gasteiger partial charge in [0.15, 0.2) is 6.61 Å². The highest BCUT2D eigenvalue weighted by Crippen LogP contribution is 2.34. The summed E-state index contributed by atoms with van der Waals surface area (Å²) >= 11 is 0. The van der Waals surface area contributed by atoms with E-state index >= 15 is 0 Å². The van der Waals surface area contributed by atoms with Crippen molar-refractivity contribution in [2.75, 3.05) is 19.0 Å². The third-order valence-electron chi connectivity index (χ3n) is 3.44. The predicted octanol–water partition coefficient (Wildman–Crippen LogP) is 3.42. The van der Waals surface area contributed by atoms with Crippen LogP contribution in [0.4, 0.5) is 24.5 Å². The number of methoxy groups -OCH3 is 1. The SMILES string of the molecule is COc1cccc(C(=O)OCC(=O)Nc2ccc(C(F)(F)F)cc2[N+](=O)[O-])c1. The van der Waals surface area contributed by atoms with Crippen molar-refractivity contribution in [3.05, 3.63) is 63.7 Å². The zero-order valence-corrected chi connectivity index (χ0v) is 14.3. The Kier molecular flexibility index (Phi) is 6.18. The average Bonchev–Trinajstić information content (AvgIpc) is 2.65. The molecule has 0 saturated heterocycles. The van der Waals surface area contributed by atoms with E-state index in [1.54, 1.807) is 6.07 Å².